The van der Waals surface area contributed by atoms with Crippen LogP contribution < -0.4 is 5.32 Å². The third-order valence-electron chi connectivity index (χ3n) is 1.87. The minimum absolute atomic E-state index is 0.0109. The van der Waals surface area contributed by atoms with Crippen molar-refractivity contribution < 1.29 is 4.74 Å². The van der Waals surface area contributed by atoms with Crippen LogP contribution >= 0.6 is 11.5 Å². The second kappa shape index (κ2) is 4.90. The van der Waals surface area contributed by atoms with Gasteiger partial charge in [0, 0.05) is 24.2 Å². The van der Waals surface area contributed by atoms with E-state index < -0.39 is 0 Å². The normalized spacial score (nSPS) is 13.9. The van der Waals surface area contributed by atoms with Gasteiger partial charge in [-0.2, -0.15) is 4.37 Å². The van der Waals surface area contributed by atoms with Crippen LogP contribution in [-0.2, 0) is 4.74 Å². The molecule has 0 aliphatic heterocycles. The highest BCUT2D eigenvalue weighted by molar-refractivity contribution is 7.09. The summed E-state index contributed by atoms with van der Waals surface area (Å²) in [7, 11) is 1.69. The highest BCUT2D eigenvalue weighted by Crippen LogP contribution is 2.23. The van der Waals surface area contributed by atoms with Crippen LogP contribution in [0.3, 0.4) is 0 Å². The zero-order valence-corrected chi connectivity index (χ0v) is 10.8. The Morgan fingerprint density at radius 3 is 2.60 bits per heavy atom. The Morgan fingerprint density at radius 1 is 1.47 bits per heavy atom. The molecule has 15 heavy (non-hydrogen) atoms. The third-order valence-corrected chi connectivity index (χ3v) is 2.51. The van der Waals surface area contributed by atoms with Crippen molar-refractivity contribution in [1.29, 1.82) is 0 Å². The Bertz CT molecular complexity index is 302. The highest BCUT2D eigenvalue weighted by Gasteiger charge is 2.17. The van der Waals surface area contributed by atoms with E-state index in [9.17, 15) is 0 Å². The van der Waals surface area contributed by atoms with Gasteiger partial charge in [0.15, 0.2) is 5.82 Å². The van der Waals surface area contributed by atoms with Crippen LogP contribution in [0.5, 0.6) is 0 Å². The molecule has 0 saturated heterocycles. The summed E-state index contributed by atoms with van der Waals surface area (Å²) < 4.78 is 9.57. The van der Waals surface area contributed by atoms with Crippen LogP contribution in [0.2, 0.25) is 0 Å². The fraction of sp³-hybridized carbons (Fsp3) is 0.800. The van der Waals surface area contributed by atoms with Gasteiger partial charge in [0.2, 0.25) is 5.13 Å². The smallest absolute Gasteiger partial charge is 0.203 e. The predicted octanol–water partition coefficient (Wildman–Crippen LogP) is 2.85. The van der Waals surface area contributed by atoms with Crippen LogP contribution in [0.1, 0.15) is 46.0 Å². The van der Waals surface area contributed by atoms with Gasteiger partial charge >= 0.3 is 0 Å². The van der Waals surface area contributed by atoms with E-state index in [1.54, 1.807) is 7.11 Å². The van der Waals surface area contributed by atoms with E-state index in [0.717, 1.165) is 17.4 Å². The number of hydrogen-bond acceptors (Lipinski definition) is 5. The third kappa shape index (κ3) is 3.76. The van der Waals surface area contributed by atoms with Crippen molar-refractivity contribution in [3.05, 3.63) is 5.82 Å². The molecule has 0 bridgehead atoms. The summed E-state index contributed by atoms with van der Waals surface area (Å²) in [6.45, 7) is 8.36. The SMILES string of the molecule is CCC(OC)c1nsc(NC(C)(C)C)n1. The monoisotopic (exact) mass is 229 g/mol. The first-order valence-corrected chi connectivity index (χ1v) is 5.88. The first kappa shape index (κ1) is 12.4. The van der Waals surface area contributed by atoms with Gasteiger partial charge in [0.25, 0.3) is 0 Å². The van der Waals surface area contributed by atoms with Crippen LogP contribution in [0.4, 0.5) is 5.13 Å². The van der Waals surface area contributed by atoms with E-state index in [1.165, 1.54) is 11.5 Å². The Kier molecular flexibility index (Phi) is 4.04. The van der Waals surface area contributed by atoms with Gasteiger partial charge in [-0.05, 0) is 27.2 Å². The van der Waals surface area contributed by atoms with Gasteiger partial charge < -0.3 is 10.1 Å². The first-order valence-electron chi connectivity index (χ1n) is 5.11. The molecule has 0 amide bonds. The molecule has 1 aromatic rings. The van der Waals surface area contributed by atoms with Crippen molar-refractivity contribution in [2.45, 2.75) is 45.8 Å². The lowest BCUT2D eigenvalue weighted by atomic mass is 10.1. The maximum absolute atomic E-state index is 5.28. The summed E-state index contributed by atoms with van der Waals surface area (Å²) in [4.78, 5) is 4.41. The zero-order valence-electron chi connectivity index (χ0n) is 10.00. The van der Waals surface area contributed by atoms with Gasteiger partial charge in [0.05, 0.1) is 0 Å². The van der Waals surface area contributed by atoms with Gasteiger partial charge in [-0.25, -0.2) is 4.98 Å². The molecular weight excluding hydrogens is 210 g/mol. The van der Waals surface area contributed by atoms with Crippen molar-refractivity contribution in [2.75, 3.05) is 12.4 Å². The second-order valence-corrected chi connectivity index (χ2v) is 5.22. The summed E-state index contributed by atoms with van der Waals surface area (Å²) in [6.07, 6.45) is 0.902. The Balaban J connectivity index is 2.71. The molecule has 4 nitrogen and oxygen atoms in total. The average Bonchev–Trinajstić information content (AvgIpc) is 2.52. The number of rotatable bonds is 4. The van der Waals surface area contributed by atoms with Gasteiger partial charge in [-0.3, -0.25) is 0 Å². The number of hydrogen-bond donors (Lipinski definition) is 1. The summed E-state index contributed by atoms with van der Waals surface area (Å²) in [5, 5.41) is 4.15. The molecule has 0 spiro atoms. The van der Waals surface area contributed by atoms with E-state index in [2.05, 4.69) is 42.4 Å². The molecule has 1 atom stereocenters. The number of nitrogens with one attached hydrogen (secondary N) is 1. The largest absolute Gasteiger partial charge is 0.373 e. The molecule has 0 radical (unpaired) electrons. The lowest BCUT2D eigenvalue weighted by Gasteiger charge is -2.19. The molecule has 86 valence electrons. The summed E-state index contributed by atoms with van der Waals surface area (Å²) >= 11 is 1.38. The van der Waals surface area contributed by atoms with E-state index >= 15 is 0 Å². The first-order chi connectivity index (χ1) is 6.96. The number of aromatic nitrogens is 2. The number of nitrogens with zero attached hydrogens (tertiary/aromatic N) is 2. The molecule has 0 fully saturated rings. The molecule has 0 aromatic carbocycles. The van der Waals surface area contributed by atoms with Crippen molar-refractivity contribution in [3.8, 4) is 0 Å². The van der Waals surface area contributed by atoms with Gasteiger partial charge in [-0.15, -0.1) is 0 Å². The standard InChI is InChI=1S/C10H19N3OS/c1-6-7(14-5)8-11-9(15-13-8)12-10(2,3)4/h7H,6H2,1-5H3,(H,11,12,13). The molecular formula is C10H19N3OS. The van der Waals surface area contributed by atoms with Crippen LogP contribution in [0.25, 0.3) is 0 Å². The molecule has 1 aromatic heterocycles. The quantitative estimate of drug-likeness (QED) is 0.862. The molecule has 1 unspecified atom stereocenters. The summed E-state index contributed by atoms with van der Waals surface area (Å²) in [6, 6.07) is 0. The molecule has 1 N–H and O–H groups in total. The summed E-state index contributed by atoms with van der Waals surface area (Å²) in [5.41, 5.74) is 0.0194. The van der Waals surface area contributed by atoms with Crippen molar-refractivity contribution in [1.82, 2.24) is 9.36 Å². The van der Waals surface area contributed by atoms with Gasteiger partial charge in [0.1, 0.15) is 6.10 Å². The number of anilines is 1. The Morgan fingerprint density at radius 2 is 2.13 bits per heavy atom. The average molecular weight is 229 g/mol. The summed E-state index contributed by atoms with van der Waals surface area (Å²) in [5.74, 6) is 0.775. The molecule has 0 aliphatic carbocycles. The second-order valence-electron chi connectivity index (χ2n) is 4.47. The Hall–Kier alpha value is -0.680. The van der Waals surface area contributed by atoms with E-state index in [4.69, 9.17) is 4.74 Å². The minimum Gasteiger partial charge on any atom is -0.373 e. The predicted molar refractivity (Wildman–Crippen MR) is 63.3 cm³/mol. The lowest BCUT2D eigenvalue weighted by molar-refractivity contribution is 0.0937. The Labute approximate surface area is 95.2 Å². The van der Waals surface area contributed by atoms with Crippen molar-refractivity contribution in [3.63, 3.8) is 0 Å². The van der Waals surface area contributed by atoms with Crippen LogP contribution in [0.15, 0.2) is 0 Å². The molecule has 0 saturated carbocycles. The fourth-order valence-electron chi connectivity index (χ4n) is 1.19. The topological polar surface area (TPSA) is 47.0 Å². The molecule has 5 heteroatoms. The number of ether oxygens (including phenoxy) is 1. The van der Waals surface area contributed by atoms with Gasteiger partial charge in [-0.1, -0.05) is 6.92 Å². The molecule has 1 rings (SSSR count). The zero-order chi connectivity index (χ0) is 11.5. The lowest BCUT2D eigenvalue weighted by Crippen LogP contribution is -2.25. The van der Waals surface area contributed by atoms with E-state index in [1.807, 2.05) is 0 Å². The maximum atomic E-state index is 5.28. The van der Waals surface area contributed by atoms with E-state index in [0.29, 0.717) is 0 Å². The number of methoxy groups -OCH3 is 1. The van der Waals surface area contributed by atoms with Crippen LogP contribution in [-0.4, -0.2) is 22.0 Å². The molecule has 0 aliphatic rings. The van der Waals surface area contributed by atoms with Crippen molar-refractivity contribution in [2.24, 2.45) is 0 Å². The highest BCUT2D eigenvalue weighted by atomic mass is 32.1. The molecule has 1 heterocycles. The fourth-order valence-corrected chi connectivity index (χ4v) is 2.02. The van der Waals surface area contributed by atoms with E-state index in [-0.39, 0.29) is 11.6 Å². The maximum Gasteiger partial charge on any atom is 0.203 e. The van der Waals surface area contributed by atoms with Crippen molar-refractivity contribution >= 4 is 16.7 Å². The van der Waals surface area contributed by atoms with Crippen LogP contribution in [0, 0.1) is 0 Å². The minimum atomic E-state index is 0.0109.